The first-order valence-electron chi connectivity index (χ1n) is 8.02. The molecule has 5 nitrogen and oxygen atoms in total. The second-order valence-electron chi connectivity index (χ2n) is 6.07. The topological polar surface area (TPSA) is 60.7 Å². The molecule has 2 atom stereocenters. The number of benzene rings is 1. The lowest BCUT2D eigenvalue weighted by atomic mass is 10.2. The molecule has 0 spiro atoms. The Labute approximate surface area is 151 Å². The number of nitrogens with one attached hydrogen (secondary N) is 1. The Hall–Kier alpha value is -2.40. The smallest absolute Gasteiger partial charge is 0.248 e. The van der Waals surface area contributed by atoms with E-state index >= 15 is 0 Å². The molecule has 1 saturated carbocycles. The first kappa shape index (κ1) is 17.4. The number of carbonyl (C=O) groups excluding carboxylic acids is 1. The van der Waals surface area contributed by atoms with Crippen LogP contribution in [-0.4, -0.2) is 20.1 Å². The van der Waals surface area contributed by atoms with Gasteiger partial charge in [-0.05, 0) is 30.5 Å². The highest BCUT2D eigenvalue weighted by atomic mass is 35.5. The molecule has 1 aliphatic rings. The third-order valence-electron chi connectivity index (χ3n) is 4.25. The van der Waals surface area contributed by atoms with Crippen LogP contribution in [0.3, 0.4) is 0 Å². The van der Waals surface area contributed by atoms with Gasteiger partial charge in [-0.25, -0.2) is 0 Å². The molecule has 0 radical (unpaired) electrons. The highest BCUT2D eigenvalue weighted by Gasteiger charge is 2.36. The van der Waals surface area contributed by atoms with Crippen molar-refractivity contribution in [3.8, 4) is 11.5 Å². The van der Waals surface area contributed by atoms with Crippen LogP contribution in [-0.2, 0) is 4.79 Å². The molecule has 25 heavy (non-hydrogen) atoms. The van der Waals surface area contributed by atoms with Crippen LogP contribution in [0.4, 0.5) is 5.69 Å². The number of ether oxygens (including phenoxy) is 2. The quantitative estimate of drug-likeness (QED) is 0.756. The molecule has 0 bridgehead atoms. The van der Waals surface area contributed by atoms with Gasteiger partial charge < -0.3 is 19.2 Å². The maximum atomic E-state index is 12.2. The molecule has 132 valence electrons. The molecule has 2 aromatic rings. The third kappa shape index (κ3) is 3.99. The predicted molar refractivity (Wildman–Crippen MR) is 97.4 cm³/mol. The zero-order valence-electron chi connectivity index (χ0n) is 14.3. The molecule has 1 heterocycles. The first-order valence-corrected chi connectivity index (χ1v) is 8.40. The van der Waals surface area contributed by atoms with Crippen molar-refractivity contribution < 1.29 is 18.7 Å². The van der Waals surface area contributed by atoms with Crippen molar-refractivity contribution in [3.63, 3.8) is 0 Å². The van der Waals surface area contributed by atoms with Crippen LogP contribution in [0.2, 0.25) is 5.02 Å². The Morgan fingerprint density at radius 2 is 2.00 bits per heavy atom. The maximum Gasteiger partial charge on any atom is 0.248 e. The van der Waals surface area contributed by atoms with Crippen molar-refractivity contribution >= 4 is 29.3 Å². The van der Waals surface area contributed by atoms with Gasteiger partial charge in [-0.3, -0.25) is 4.79 Å². The lowest BCUT2D eigenvalue weighted by Crippen LogP contribution is -2.09. The summed E-state index contributed by atoms with van der Waals surface area (Å²) in [7, 11) is 3.02. The van der Waals surface area contributed by atoms with Crippen molar-refractivity contribution in [2.75, 3.05) is 19.5 Å². The van der Waals surface area contributed by atoms with E-state index in [9.17, 15) is 4.79 Å². The molecule has 1 aromatic heterocycles. The molecule has 1 amide bonds. The Bertz CT molecular complexity index is 812. The van der Waals surface area contributed by atoms with E-state index in [1.807, 2.05) is 12.1 Å². The number of hydrogen-bond acceptors (Lipinski definition) is 4. The molecule has 1 N–H and O–H groups in total. The minimum absolute atomic E-state index is 0.305. The van der Waals surface area contributed by atoms with Crippen molar-refractivity contribution in [1.82, 2.24) is 0 Å². The van der Waals surface area contributed by atoms with Crippen LogP contribution in [0.5, 0.6) is 11.5 Å². The van der Waals surface area contributed by atoms with Crippen molar-refractivity contribution in [1.29, 1.82) is 0 Å². The largest absolute Gasteiger partial charge is 0.495 e. The normalized spacial score (nSPS) is 19.0. The second-order valence-corrected chi connectivity index (χ2v) is 6.48. The monoisotopic (exact) mass is 361 g/mol. The van der Waals surface area contributed by atoms with Gasteiger partial charge in [0.15, 0.2) is 0 Å². The van der Waals surface area contributed by atoms with E-state index in [2.05, 4.69) is 12.2 Å². The summed E-state index contributed by atoms with van der Waals surface area (Å²) in [5.74, 6) is 3.44. The Morgan fingerprint density at radius 3 is 2.64 bits per heavy atom. The SMILES string of the molecule is COc1cc(NC(=O)/C=C/c2ccc([C@@H]3C[C@@H]3C)o2)c(OC)cc1Cl. The number of anilines is 1. The summed E-state index contributed by atoms with van der Waals surface area (Å²) in [4.78, 5) is 12.2. The van der Waals surface area contributed by atoms with Gasteiger partial charge in [-0.2, -0.15) is 0 Å². The fraction of sp³-hybridized carbons (Fsp3) is 0.316. The standard InChI is InChI=1S/C19H20ClNO4/c1-11-8-13(11)16-6-4-12(25-16)5-7-19(22)21-15-10-17(23-2)14(20)9-18(15)24-3/h4-7,9-11,13H,8H2,1-3H3,(H,21,22)/b7-5+/t11-,13+/m0/s1. The molecule has 0 saturated heterocycles. The number of halogens is 1. The molecule has 6 heteroatoms. The molecule has 3 rings (SSSR count). The predicted octanol–water partition coefficient (Wildman–Crippen LogP) is 4.73. The Morgan fingerprint density at radius 1 is 1.28 bits per heavy atom. The summed E-state index contributed by atoms with van der Waals surface area (Å²) < 4.78 is 16.1. The maximum absolute atomic E-state index is 12.2. The lowest BCUT2D eigenvalue weighted by Gasteiger charge is -2.12. The van der Waals surface area contributed by atoms with Gasteiger partial charge >= 0.3 is 0 Å². The van der Waals surface area contributed by atoms with Crippen LogP contribution in [0, 0.1) is 5.92 Å². The minimum atomic E-state index is -0.305. The van der Waals surface area contributed by atoms with Gasteiger partial charge in [0.1, 0.15) is 23.0 Å². The van der Waals surface area contributed by atoms with Gasteiger partial charge in [0.2, 0.25) is 5.91 Å². The average Bonchev–Trinajstić information content (AvgIpc) is 3.14. The molecule has 0 aliphatic heterocycles. The highest BCUT2D eigenvalue weighted by molar-refractivity contribution is 6.32. The molecular weight excluding hydrogens is 342 g/mol. The molecule has 1 aromatic carbocycles. The summed E-state index contributed by atoms with van der Waals surface area (Å²) in [6.45, 7) is 2.20. The molecule has 0 unspecified atom stereocenters. The van der Waals surface area contributed by atoms with Crippen LogP contribution >= 0.6 is 11.6 Å². The van der Waals surface area contributed by atoms with Gasteiger partial charge in [0, 0.05) is 24.1 Å². The molecule has 1 fully saturated rings. The number of carbonyl (C=O) groups is 1. The highest BCUT2D eigenvalue weighted by Crippen LogP contribution is 2.47. The van der Waals surface area contributed by atoms with Crippen LogP contribution in [0.1, 0.15) is 30.8 Å². The van der Waals surface area contributed by atoms with E-state index in [0.717, 1.165) is 12.2 Å². The zero-order chi connectivity index (χ0) is 18.0. The molecular formula is C19H20ClNO4. The van der Waals surface area contributed by atoms with E-state index in [4.69, 9.17) is 25.5 Å². The van der Waals surface area contributed by atoms with Crippen LogP contribution in [0.25, 0.3) is 6.08 Å². The summed E-state index contributed by atoms with van der Waals surface area (Å²) in [6, 6.07) is 7.05. The summed E-state index contributed by atoms with van der Waals surface area (Å²) in [6.07, 6.45) is 4.22. The van der Waals surface area contributed by atoms with Crippen molar-refractivity contribution in [2.24, 2.45) is 5.92 Å². The first-order chi connectivity index (χ1) is 12.0. The summed E-state index contributed by atoms with van der Waals surface area (Å²) in [5.41, 5.74) is 0.477. The van der Waals surface area contributed by atoms with Gasteiger partial charge in [-0.1, -0.05) is 18.5 Å². The zero-order valence-corrected chi connectivity index (χ0v) is 15.1. The van der Waals surface area contributed by atoms with Crippen LogP contribution in [0.15, 0.2) is 34.8 Å². The number of hydrogen-bond donors (Lipinski definition) is 1. The fourth-order valence-electron chi connectivity index (χ4n) is 2.67. The van der Waals surface area contributed by atoms with E-state index in [1.54, 1.807) is 18.2 Å². The van der Waals surface area contributed by atoms with Crippen molar-refractivity contribution in [3.05, 3.63) is 46.9 Å². The molecule has 1 aliphatic carbocycles. The summed E-state index contributed by atoms with van der Waals surface area (Å²) >= 11 is 6.06. The van der Waals surface area contributed by atoms with Gasteiger partial charge in [0.25, 0.3) is 0 Å². The van der Waals surface area contributed by atoms with E-state index in [0.29, 0.717) is 39.8 Å². The van der Waals surface area contributed by atoms with Crippen molar-refractivity contribution in [2.45, 2.75) is 19.3 Å². The summed E-state index contributed by atoms with van der Waals surface area (Å²) in [5, 5.41) is 3.16. The van der Waals surface area contributed by atoms with Crippen LogP contribution < -0.4 is 14.8 Å². The lowest BCUT2D eigenvalue weighted by molar-refractivity contribution is -0.111. The number of methoxy groups -OCH3 is 2. The fourth-order valence-corrected chi connectivity index (χ4v) is 2.90. The Kier molecular flexibility index (Phi) is 5.04. The van der Waals surface area contributed by atoms with Gasteiger partial charge in [-0.15, -0.1) is 0 Å². The Balaban J connectivity index is 1.68. The average molecular weight is 362 g/mol. The third-order valence-corrected chi connectivity index (χ3v) is 4.55. The number of rotatable bonds is 6. The van der Waals surface area contributed by atoms with E-state index < -0.39 is 0 Å². The van der Waals surface area contributed by atoms with Gasteiger partial charge in [0.05, 0.1) is 24.9 Å². The minimum Gasteiger partial charge on any atom is -0.495 e. The second kappa shape index (κ2) is 7.23. The number of furan rings is 1. The number of amides is 1. The van der Waals surface area contributed by atoms with E-state index in [1.165, 1.54) is 20.3 Å². The van der Waals surface area contributed by atoms with E-state index in [-0.39, 0.29) is 5.91 Å².